The zero-order valence-corrected chi connectivity index (χ0v) is 42.9. The van der Waals surface area contributed by atoms with Crippen LogP contribution in [0.15, 0.2) is 249 Å². The zero-order chi connectivity index (χ0) is 50.4. The molecule has 0 N–H and O–H groups in total. The van der Waals surface area contributed by atoms with Crippen LogP contribution in [-0.2, 0) is 10.8 Å². The highest BCUT2D eigenvalue weighted by molar-refractivity contribution is 5.97. The summed E-state index contributed by atoms with van der Waals surface area (Å²) in [5, 5.41) is 4.10. The van der Waals surface area contributed by atoms with Gasteiger partial charge in [0.1, 0.15) is 0 Å². The molecule has 0 radical (unpaired) electrons. The highest BCUT2D eigenvalue weighted by Gasteiger charge is 2.44. The van der Waals surface area contributed by atoms with Gasteiger partial charge in [-0.25, -0.2) is 0 Å². The lowest BCUT2D eigenvalue weighted by Gasteiger charge is -2.43. The highest BCUT2D eigenvalue weighted by Crippen LogP contribution is 2.52. The fourth-order valence-corrected chi connectivity index (χ4v) is 12.8. The Balaban J connectivity index is 0.880. The molecule has 1 aromatic heterocycles. The van der Waals surface area contributed by atoms with E-state index < -0.39 is 0 Å². The van der Waals surface area contributed by atoms with Gasteiger partial charge in [0.2, 0.25) is 0 Å². The molecular formula is C72H57N3. The summed E-state index contributed by atoms with van der Waals surface area (Å²) in [4.78, 5) is 4.73. The second-order valence-electron chi connectivity index (χ2n) is 21.7. The van der Waals surface area contributed by atoms with Crippen molar-refractivity contribution in [2.24, 2.45) is 0 Å². The molecular weight excluding hydrogens is 907 g/mol. The smallest absolute Gasteiger partial charge is 0.0582 e. The van der Waals surface area contributed by atoms with Crippen molar-refractivity contribution in [1.29, 1.82) is 0 Å². The maximum Gasteiger partial charge on any atom is 0.0582 e. The summed E-state index contributed by atoms with van der Waals surface area (Å²) in [7, 11) is 0. The molecule has 14 rings (SSSR count). The van der Waals surface area contributed by atoms with E-state index in [1.807, 2.05) is 0 Å². The minimum Gasteiger partial charge on any atom is -0.311 e. The molecule has 1 aliphatic carbocycles. The Kier molecular flexibility index (Phi) is 10.4. The molecule has 3 heterocycles. The fourth-order valence-electron chi connectivity index (χ4n) is 12.8. The van der Waals surface area contributed by atoms with Gasteiger partial charge >= 0.3 is 0 Å². The molecule has 2 aliphatic heterocycles. The summed E-state index contributed by atoms with van der Waals surface area (Å²) in [6.45, 7) is 9.83. The van der Waals surface area contributed by atoms with Crippen molar-refractivity contribution in [3.05, 3.63) is 282 Å². The van der Waals surface area contributed by atoms with Gasteiger partial charge in [0.15, 0.2) is 0 Å². The van der Waals surface area contributed by atoms with Gasteiger partial charge in [0.25, 0.3) is 0 Å². The van der Waals surface area contributed by atoms with E-state index in [9.17, 15) is 0 Å². The van der Waals surface area contributed by atoms with E-state index in [-0.39, 0.29) is 16.7 Å². The molecule has 0 spiro atoms. The Morgan fingerprint density at radius 2 is 0.773 bits per heavy atom. The minimum atomic E-state index is -0.220. The van der Waals surface area contributed by atoms with Crippen molar-refractivity contribution in [3.63, 3.8) is 0 Å². The van der Waals surface area contributed by atoms with E-state index in [1.54, 1.807) is 0 Å². The number of hydrogen-bond acceptors (Lipinski definition) is 2. The van der Waals surface area contributed by atoms with Crippen molar-refractivity contribution in [1.82, 2.24) is 4.57 Å². The number of nitrogens with zero attached hydrogens (tertiary/aromatic N) is 3. The van der Waals surface area contributed by atoms with Crippen molar-refractivity contribution in [2.75, 3.05) is 9.80 Å². The number of anilines is 6. The first-order chi connectivity index (χ1) is 36.7. The van der Waals surface area contributed by atoms with Crippen LogP contribution in [0.1, 0.15) is 62.3 Å². The first-order valence-electron chi connectivity index (χ1n) is 26.5. The molecule has 3 nitrogen and oxygen atoms in total. The number of fused-ring (bicyclic) bond motifs is 1. The van der Waals surface area contributed by atoms with E-state index in [1.165, 1.54) is 88.4 Å². The second-order valence-corrected chi connectivity index (χ2v) is 21.7. The molecule has 1 unspecified atom stereocenters. The van der Waals surface area contributed by atoms with Crippen LogP contribution in [0.5, 0.6) is 0 Å². The topological polar surface area (TPSA) is 11.4 Å². The average Bonchev–Trinajstić information content (AvgIpc) is 3.90. The van der Waals surface area contributed by atoms with Crippen molar-refractivity contribution < 1.29 is 0 Å². The Bertz CT molecular complexity index is 4080. The first-order valence-corrected chi connectivity index (χ1v) is 26.5. The SMILES string of the molecule is CC1(C)C2=c3c(c4cc(-c5ccc(N(c6ccccc6)c6ccc(-c7ccccc7)cc6)cc5)cc5c4n3-c3c1cccc3C5(C)C)=CC(c1ccc(N(c3ccccc3)c3ccc(-c4ccccc4)cc3)cc1)C2. The molecule has 0 saturated carbocycles. The van der Waals surface area contributed by atoms with Gasteiger partial charge in [0, 0.05) is 61.5 Å². The Morgan fingerprint density at radius 1 is 0.373 bits per heavy atom. The molecule has 0 amide bonds. The van der Waals surface area contributed by atoms with Crippen molar-refractivity contribution in [2.45, 2.75) is 50.9 Å². The lowest BCUT2D eigenvalue weighted by atomic mass is 9.66. The van der Waals surface area contributed by atoms with Crippen LogP contribution in [0, 0.1) is 0 Å². The normalized spacial score (nSPS) is 15.3. The van der Waals surface area contributed by atoms with Gasteiger partial charge in [0.05, 0.1) is 16.6 Å². The lowest BCUT2D eigenvalue weighted by molar-refractivity contribution is 0.587. The molecule has 0 saturated heterocycles. The quantitative estimate of drug-likeness (QED) is 0.135. The number of aromatic nitrogens is 1. The number of hydrogen-bond donors (Lipinski definition) is 0. The van der Waals surface area contributed by atoms with Gasteiger partial charge < -0.3 is 14.4 Å². The third-order valence-electron chi connectivity index (χ3n) is 16.7. The van der Waals surface area contributed by atoms with Crippen LogP contribution in [0.3, 0.4) is 0 Å². The maximum absolute atomic E-state index is 2.68. The van der Waals surface area contributed by atoms with Crippen LogP contribution < -0.4 is 20.4 Å². The van der Waals surface area contributed by atoms with E-state index in [2.05, 4.69) is 297 Å². The molecule has 0 bridgehead atoms. The molecule has 10 aromatic carbocycles. The number of benzene rings is 10. The Morgan fingerprint density at radius 3 is 1.25 bits per heavy atom. The Labute approximate surface area is 440 Å². The van der Waals surface area contributed by atoms with E-state index in [0.717, 1.165) is 40.5 Å². The fraction of sp³-hybridized carbons (Fsp3) is 0.111. The van der Waals surface area contributed by atoms with E-state index >= 15 is 0 Å². The summed E-state index contributed by atoms with van der Waals surface area (Å²) in [5.41, 5.74) is 23.5. The zero-order valence-electron chi connectivity index (χ0n) is 42.9. The van der Waals surface area contributed by atoms with Crippen LogP contribution in [0.4, 0.5) is 34.1 Å². The highest BCUT2D eigenvalue weighted by atomic mass is 15.1. The second kappa shape index (κ2) is 17.4. The van der Waals surface area contributed by atoms with Crippen LogP contribution in [0.25, 0.3) is 61.6 Å². The molecule has 360 valence electrons. The average molecular weight is 964 g/mol. The third kappa shape index (κ3) is 7.24. The summed E-state index contributed by atoms with van der Waals surface area (Å²) < 4.78 is 2.68. The van der Waals surface area contributed by atoms with E-state index in [0.29, 0.717) is 0 Å². The van der Waals surface area contributed by atoms with Crippen LogP contribution in [-0.4, -0.2) is 4.57 Å². The lowest BCUT2D eigenvalue weighted by Crippen LogP contribution is -2.46. The van der Waals surface area contributed by atoms with Crippen molar-refractivity contribution >= 4 is 56.7 Å². The predicted molar refractivity (Wildman–Crippen MR) is 315 cm³/mol. The van der Waals surface area contributed by atoms with Crippen LogP contribution in [0.2, 0.25) is 0 Å². The van der Waals surface area contributed by atoms with Gasteiger partial charge in [-0.3, -0.25) is 0 Å². The van der Waals surface area contributed by atoms with Gasteiger partial charge in [-0.05, 0) is 153 Å². The molecule has 3 aliphatic rings. The molecule has 75 heavy (non-hydrogen) atoms. The molecule has 1 atom stereocenters. The van der Waals surface area contributed by atoms with Crippen molar-refractivity contribution in [3.8, 4) is 39.1 Å². The van der Waals surface area contributed by atoms with E-state index in [4.69, 9.17) is 0 Å². The monoisotopic (exact) mass is 963 g/mol. The minimum absolute atomic E-state index is 0.161. The largest absolute Gasteiger partial charge is 0.311 e. The number of para-hydroxylation sites is 3. The summed E-state index contributed by atoms with van der Waals surface area (Å²) in [6.07, 6.45) is 3.58. The van der Waals surface area contributed by atoms with Crippen LogP contribution >= 0.6 is 0 Å². The molecule has 11 aromatic rings. The van der Waals surface area contributed by atoms with Gasteiger partial charge in [-0.2, -0.15) is 0 Å². The third-order valence-corrected chi connectivity index (χ3v) is 16.7. The summed E-state index contributed by atoms with van der Waals surface area (Å²) >= 11 is 0. The molecule has 0 fully saturated rings. The standard InChI is InChI=1S/C72H57N3/c1-71(2)64-26-17-27-65-70(64)75-68-62(44-54(46-66(68)71)52-32-40-60(41-33-52)73(56-22-13-7-14-23-56)58-36-28-50(29-37-58)48-18-9-5-10-19-48)63-45-55(47-67(69(63)75)72(65,3)4)53-34-42-61(43-35-53)74(57-24-15-8-16-25-57)59-38-30-51(31-39-59)49-20-11-6-12-21-49/h5-46,55H,47H2,1-4H3. The van der Waals surface area contributed by atoms with Gasteiger partial charge in [-0.1, -0.05) is 198 Å². The number of rotatable bonds is 10. The summed E-state index contributed by atoms with van der Waals surface area (Å²) in [5.74, 6) is 0.200. The first kappa shape index (κ1) is 44.8. The maximum atomic E-state index is 2.68. The predicted octanol–water partition coefficient (Wildman–Crippen LogP) is 17.6. The Hall–Kier alpha value is -8.92. The molecule has 3 heteroatoms. The summed E-state index contributed by atoms with van der Waals surface area (Å²) in [6, 6.07) is 91.4. The van der Waals surface area contributed by atoms with Gasteiger partial charge in [-0.15, -0.1) is 0 Å².